The summed E-state index contributed by atoms with van der Waals surface area (Å²) in [6.07, 6.45) is 6.72. The third kappa shape index (κ3) is 2.18. The maximum absolute atomic E-state index is 12.0. The van der Waals surface area contributed by atoms with Crippen molar-refractivity contribution in [1.82, 2.24) is 4.90 Å². The summed E-state index contributed by atoms with van der Waals surface area (Å²) >= 11 is 0. The van der Waals surface area contributed by atoms with Crippen molar-refractivity contribution in [3.63, 3.8) is 0 Å². The Kier molecular flexibility index (Phi) is 3.41. The molecule has 0 radical (unpaired) electrons. The van der Waals surface area contributed by atoms with Gasteiger partial charge in [0.05, 0.1) is 0 Å². The van der Waals surface area contributed by atoms with Crippen molar-refractivity contribution in [2.75, 3.05) is 13.1 Å². The Labute approximate surface area is 98.1 Å². The average Bonchev–Trinajstić information content (AvgIpc) is 2.24. The number of carbonyl (C=O) groups is 1. The van der Waals surface area contributed by atoms with Crippen LogP contribution in [0.25, 0.3) is 0 Å². The lowest BCUT2D eigenvalue weighted by molar-refractivity contribution is -0.0932. The second-order valence-electron chi connectivity index (χ2n) is 5.49. The molecule has 3 nitrogen and oxygen atoms in total. The molecule has 0 aromatic heterocycles. The molecule has 1 aliphatic heterocycles. The van der Waals surface area contributed by atoms with E-state index in [1.54, 1.807) is 0 Å². The summed E-state index contributed by atoms with van der Waals surface area (Å²) in [7, 11) is 0. The molecule has 0 unspecified atom stereocenters. The maximum Gasteiger partial charge on any atom is 0.410 e. The highest BCUT2D eigenvalue weighted by molar-refractivity contribution is 5.68. The second kappa shape index (κ2) is 4.64. The molecule has 0 bridgehead atoms. The molecular formula is C13H23NO2. The van der Waals surface area contributed by atoms with Crippen molar-refractivity contribution in [3.8, 4) is 0 Å². The van der Waals surface area contributed by atoms with E-state index in [0.29, 0.717) is 5.92 Å². The van der Waals surface area contributed by atoms with Gasteiger partial charge in [0, 0.05) is 13.1 Å². The monoisotopic (exact) mass is 225 g/mol. The van der Waals surface area contributed by atoms with Gasteiger partial charge >= 0.3 is 6.09 Å². The van der Waals surface area contributed by atoms with Crippen LogP contribution >= 0.6 is 0 Å². The first kappa shape index (κ1) is 11.7. The van der Waals surface area contributed by atoms with Crippen molar-refractivity contribution < 1.29 is 9.53 Å². The van der Waals surface area contributed by atoms with Gasteiger partial charge in [0.15, 0.2) is 0 Å². The summed E-state index contributed by atoms with van der Waals surface area (Å²) in [5, 5.41) is 0. The Morgan fingerprint density at radius 3 is 2.19 bits per heavy atom. The number of carbonyl (C=O) groups excluding carboxylic acids is 1. The quantitative estimate of drug-likeness (QED) is 0.722. The summed E-state index contributed by atoms with van der Waals surface area (Å²) < 4.78 is 5.76. The first-order valence-electron chi connectivity index (χ1n) is 6.62. The Balaban J connectivity index is 1.90. The third-order valence-electron chi connectivity index (χ3n) is 4.16. The van der Waals surface area contributed by atoms with Crippen LogP contribution in [-0.2, 0) is 4.74 Å². The topological polar surface area (TPSA) is 29.5 Å². The van der Waals surface area contributed by atoms with E-state index in [1.165, 1.54) is 12.8 Å². The number of nitrogens with zero attached hydrogens (tertiary/aromatic N) is 1. The zero-order valence-corrected chi connectivity index (χ0v) is 10.5. The van der Waals surface area contributed by atoms with Crippen LogP contribution in [0.1, 0.15) is 52.4 Å². The van der Waals surface area contributed by atoms with Gasteiger partial charge in [-0.25, -0.2) is 4.79 Å². The van der Waals surface area contributed by atoms with Gasteiger partial charge in [-0.3, -0.25) is 0 Å². The molecule has 2 aliphatic rings. The first-order valence-corrected chi connectivity index (χ1v) is 6.62. The molecule has 0 aromatic carbocycles. The second-order valence-corrected chi connectivity index (χ2v) is 5.49. The standard InChI is InChI=1S/C13H23NO2/c1-11(2)13(7-6-8-13)16-12(15)14-9-4-3-5-10-14/h11H,3-10H2,1-2H3. The van der Waals surface area contributed by atoms with Crippen LogP contribution in [0, 0.1) is 5.92 Å². The van der Waals surface area contributed by atoms with Crippen molar-refractivity contribution in [2.45, 2.75) is 58.0 Å². The minimum Gasteiger partial charge on any atom is -0.443 e. The van der Waals surface area contributed by atoms with Gasteiger partial charge in [0.1, 0.15) is 5.60 Å². The molecule has 3 heteroatoms. The lowest BCUT2D eigenvalue weighted by atomic mass is 9.72. The number of likely N-dealkylation sites (tertiary alicyclic amines) is 1. The molecule has 0 N–H and O–H groups in total. The maximum atomic E-state index is 12.0. The third-order valence-corrected chi connectivity index (χ3v) is 4.16. The lowest BCUT2D eigenvalue weighted by Gasteiger charge is -2.45. The van der Waals surface area contributed by atoms with Gasteiger partial charge in [-0.05, 0) is 44.4 Å². The molecule has 0 atom stereocenters. The van der Waals surface area contributed by atoms with Crippen molar-refractivity contribution in [2.24, 2.45) is 5.92 Å². The fourth-order valence-electron chi connectivity index (χ4n) is 2.64. The van der Waals surface area contributed by atoms with E-state index in [1.807, 2.05) is 4.90 Å². The van der Waals surface area contributed by atoms with Crippen molar-refractivity contribution >= 4 is 6.09 Å². The Hall–Kier alpha value is -0.730. The van der Waals surface area contributed by atoms with Crippen LogP contribution in [0.4, 0.5) is 4.79 Å². The van der Waals surface area contributed by atoms with E-state index >= 15 is 0 Å². The van der Waals surface area contributed by atoms with E-state index in [9.17, 15) is 4.79 Å². The van der Waals surface area contributed by atoms with Crippen LogP contribution in [0.3, 0.4) is 0 Å². The van der Waals surface area contributed by atoms with Crippen LogP contribution in [0.2, 0.25) is 0 Å². The van der Waals surface area contributed by atoms with Gasteiger partial charge in [-0.2, -0.15) is 0 Å². The Bertz CT molecular complexity index is 253. The van der Waals surface area contributed by atoms with Gasteiger partial charge in [0.25, 0.3) is 0 Å². The van der Waals surface area contributed by atoms with E-state index < -0.39 is 0 Å². The SMILES string of the molecule is CC(C)C1(OC(=O)N2CCCCC2)CCC1. The highest BCUT2D eigenvalue weighted by atomic mass is 16.6. The predicted octanol–water partition coefficient (Wildman–Crippen LogP) is 3.19. The molecule has 0 aromatic rings. The number of rotatable bonds is 2. The molecular weight excluding hydrogens is 202 g/mol. The summed E-state index contributed by atoms with van der Waals surface area (Å²) in [6.45, 7) is 6.07. The Morgan fingerprint density at radius 2 is 1.75 bits per heavy atom. The van der Waals surface area contributed by atoms with Gasteiger partial charge in [0.2, 0.25) is 0 Å². The highest BCUT2D eigenvalue weighted by Crippen LogP contribution is 2.42. The summed E-state index contributed by atoms with van der Waals surface area (Å²) in [5.41, 5.74) is -0.144. The van der Waals surface area contributed by atoms with Crippen molar-refractivity contribution in [1.29, 1.82) is 0 Å². The van der Waals surface area contributed by atoms with Crippen molar-refractivity contribution in [3.05, 3.63) is 0 Å². The predicted molar refractivity (Wildman–Crippen MR) is 63.3 cm³/mol. The van der Waals surface area contributed by atoms with E-state index in [-0.39, 0.29) is 11.7 Å². The molecule has 2 fully saturated rings. The minimum atomic E-state index is -0.144. The molecule has 1 amide bonds. The first-order chi connectivity index (χ1) is 7.64. The lowest BCUT2D eigenvalue weighted by Crippen LogP contribution is -2.50. The fourth-order valence-corrected chi connectivity index (χ4v) is 2.64. The smallest absolute Gasteiger partial charge is 0.410 e. The molecule has 2 rings (SSSR count). The number of hydrogen-bond acceptors (Lipinski definition) is 2. The summed E-state index contributed by atoms with van der Waals surface area (Å²) in [6, 6.07) is 0. The van der Waals surface area contributed by atoms with Crippen LogP contribution in [0.5, 0.6) is 0 Å². The molecule has 1 saturated heterocycles. The van der Waals surface area contributed by atoms with Gasteiger partial charge in [-0.1, -0.05) is 13.8 Å². The normalized spacial score (nSPS) is 24.1. The number of piperidine rings is 1. The average molecular weight is 225 g/mol. The van der Waals surface area contributed by atoms with E-state index in [4.69, 9.17) is 4.74 Å². The van der Waals surface area contributed by atoms with E-state index in [0.717, 1.165) is 38.8 Å². The number of hydrogen-bond donors (Lipinski definition) is 0. The van der Waals surface area contributed by atoms with Gasteiger partial charge in [-0.15, -0.1) is 0 Å². The zero-order chi connectivity index (χ0) is 11.6. The largest absolute Gasteiger partial charge is 0.443 e. The zero-order valence-electron chi connectivity index (χ0n) is 10.5. The molecule has 0 spiro atoms. The molecule has 16 heavy (non-hydrogen) atoms. The molecule has 1 aliphatic carbocycles. The summed E-state index contributed by atoms with van der Waals surface area (Å²) in [4.78, 5) is 13.9. The highest BCUT2D eigenvalue weighted by Gasteiger charge is 2.44. The fraction of sp³-hybridized carbons (Fsp3) is 0.923. The van der Waals surface area contributed by atoms with Crippen LogP contribution in [0.15, 0.2) is 0 Å². The van der Waals surface area contributed by atoms with Crippen LogP contribution in [-0.4, -0.2) is 29.7 Å². The van der Waals surface area contributed by atoms with Gasteiger partial charge < -0.3 is 9.64 Å². The molecule has 1 heterocycles. The Morgan fingerprint density at radius 1 is 1.12 bits per heavy atom. The van der Waals surface area contributed by atoms with Crippen LogP contribution < -0.4 is 0 Å². The number of ether oxygens (including phenoxy) is 1. The summed E-state index contributed by atoms with van der Waals surface area (Å²) in [5.74, 6) is 0.440. The van der Waals surface area contributed by atoms with E-state index in [2.05, 4.69) is 13.8 Å². The number of amides is 1. The minimum absolute atomic E-state index is 0.0758. The molecule has 92 valence electrons. The molecule has 1 saturated carbocycles.